The van der Waals surface area contributed by atoms with Crippen LogP contribution in [0.4, 0.5) is 10.1 Å². The smallest absolute Gasteiger partial charge is 0.166 e. The van der Waals surface area contributed by atoms with Gasteiger partial charge in [0.15, 0.2) is 15.6 Å². The highest BCUT2D eigenvalue weighted by Gasteiger charge is 2.16. The van der Waals surface area contributed by atoms with Gasteiger partial charge in [-0.05, 0) is 24.6 Å². The van der Waals surface area contributed by atoms with E-state index in [9.17, 15) is 17.6 Å². The van der Waals surface area contributed by atoms with Crippen LogP contribution >= 0.6 is 0 Å². The Morgan fingerprint density at radius 3 is 2.61 bits per heavy atom. The second kappa shape index (κ2) is 5.95. The number of nitrogens with two attached hydrogens (primary N) is 1. The Morgan fingerprint density at radius 2 is 2.00 bits per heavy atom. The molecule has 0 spiro atoms. The molecule has 0 amide bonds. The van der Waals surface area contributed by atoms with Crippen LogP contribution < -0.4 is 5.73 Å². The van der Waals surface area contributed by atoms with Crippen LogP contribution in [0.15, 0.2) is 18.2 Å². The van der Waals surface area contributed by atoms with E-state index < -0.39 is 21.4 Å². The van der Waals surface area contributed by atoms with E-state index in [2.05, 4.69) is 0 Å². The van der Waals surface area contributed by atoms with Crippen molar-refractivity contribution in [1.29, 1.82) is 0 Å². The van der Waals surface area contributed by atoms with Crippen LogP contribution in [0.2, 0.25) is 0 Å². The minimum atomic E-state index is -3.21. The number of sulfone groups is 1. The van der Waals surface area contributed by atoms with Gasteiger partial charge in [0.2, 0.25) is 0 Å². The number of nitrogen functional groups attached to an aromatic ring is 1. The molecule has 0 saturated carbocycles. The molecule has 0 heterocycles. The number of anilines is 1. The average Bonchev–Trinajstić information content (AvgIpc) is 2.29. The molecule has 0 aromatic heterocycles. The summed E-state index contributed by atoms with van der Waals surface area (Å²) in [5.74, 6) is -1.19. The molecule has 0 unspecified atom stereocenters. The summed E-state index contributed by atoms with van der Waals surface area (Å²) in [7, 11) is -3.21. The minimum Gasteiger partial charge on any atom is -0.398 e. The van der Waals surface area contributed by atoms with Crippen LogP contribution in [-0.4, -0.2) is 25.7 Å². The summed E-state index contributed by atoms with van der Waals surface area (Å²) >= 11 is 0. The molecule has 0 radical (unpaired) electrons. The minimum absolute atomic E-state index is 0.0432. The number of Topliss-reactive ketones (excluding diaryl/α,β-unsaturated/α-hetero) is 1. The maximum Gasteiger partial charge on any atom is 0.166 e. The highest BCUT2D eigenvalue weighted by atomic mass is 32.2. The van der Waals surface area contributed by atoms with E-state index in [1.165, 1.54) is 6.07 Å². The molecule has 0 fully saturated rings. The number of rotatable bonds is 6. The first-order valence-electron chi connectivity index (χ1n) is 5.64. The number of hydrogen-bond donors (Lipinski definition) is 1. The lowest BCUT2D eigenvalue weighted by atomic mass is 10.1. The lowest BCUT2D eigenvalue weighted by Crippen LogP contribution is -2.15. The maximum absolute atomic E-state index is 13.0. The van der Waals surface area contributed by atoms with Gasteiger partial charge < -0.3 is 5.73 Å². The number of ketones is 1. The van der Waals surface area contributed by atoms with Crippen molar-refractivity contribution >= 4 is 21.3 Å². The molecule has 0 aliphatic carbocycles. The van der Waals surface area contributed by atoms with Gasteiger partial charge in [-0.2, -0.15) is 0 Å². The van der Waals surface area contributed by atoms with Crippen molar-refractivity contribution in [2.75, 3.05) is 17.2 Å². The second-order valence-corrected chi connectivity index (χ2v) is 6.36. The van der Waals surface area contributed by atoms with Gasteiger partial charge in [0, 0.05) is 23.4 Å². The molecule has 1 rings (SSSR count). The zero-order valence-electron chi connectivity index (χ0n) is 10.1. The van der Waals surface area contributed by atoms with Crippen molar-refractivity contribution in [2.24, 2.45) is 0 Å². The van der Waals surface area contributed by atoms with Gasteiger partial charge in [-0.1, -0.05) is 6.92 Å². The largest absolute Gasteiger partial charge is 0.398 e. The molecular formula is C12H16FNO3S. The Hall–Kier alpha value is -1.43. The van der Waals surface area contributed by atoms with E-state index in [-0.39, 0.29) is 29.2 Å². The third-order valence-electron chi connectivity index (χ3n) is 2.47. The van der Waals surface area contributed by atoms with E-state index in [0.29, 0.717) is 6.42 Å². The topological polar surface area (TPSA) is 77.2 Å². The Labute approximate surface area is 106 Å². The lowest BCUT2D eigenvalue weighted by molar-refractivity contribution is 0.0989. The zero-order chi connectivity index (χ0) is 13.8. The van der Waals surface area contributed by atoms with Crippen LogP contribution in [0.5, 0.6) is 0 Å². The first-order valence-corrected chi connectivity index (χ1v) is 7.46. The van der Waals surface area contributed by atoms with Gasteiger partial charge in [0.1, 0.15) is 5.82 Å². The fourth-order valence-electron chi connectivity index (χ4n) is 1.57. The summed E-state index contributed by atoms with van der Waals surface area (Å²) < 4.78 is 35.9. The molecule has 6 heteroatoms. The van der Waals surface area contributed by atoms with Crippen LogP contribution in [0.1, 0.15) is 30.1 Å². The third-order valence-corrected chi connectivity index (χ3v) is 4.33. The van der Waals surface area contributed by atoms with E-state index in [0.717, 1.165) is 12.1 Å². The van der Waals surface area contributed by atoms with Gasteiger partial charge in [-0.15, -0.1) is 0 Å². The van der Waals surface area contributed by atoms with Crippen molar-refractivity contribution in [3.05, 3.63) is 29.6 Å². The van der Waals surface area contributed by atoms with Gasteiger partial charge in [0.25, 0.3) is 0 Å². The molecule has 0 bridgehead atoms. The Morgan fingerprint density at radius 1 is 1.33 bits per heavy atom. The Bertz CT molecular complexity index is 540. The molecule has 2 N–H and O–H groups in total. The lowest BCUT2D eigenvalue weighted by Gasteiger charge is -2.05. The molecule has 0 atom stereocenters. The normalized spacial score (nSPS) is 11.4. The highest BCUT2D eigenvalue weighted by molar-refractivity contribution is 7.91. The summed E-state index contributed by atoms with van der Waals surface area (Å²) in [4.78, 5) is 11.8. The first kappa shape index (κ1) is 14.6. The fourth-order valence-corrected chi connectivity index (χ4v) is 2.89. The van der Waals surface area contributed by atoms with Crippen molar-refractivity contribution in [3.8, 4) is 0 Å². The van der Waals surface area contributed by atoms with Crippen molar-refractivity contribution in [1.82, 2.24) is 0 Å². The molecular weight excluding hydrogens is 257 g/mol. The second-order valence-electron chi connectivity index (χ2n) is 4.06. The van der Waals surface area contributed by atoms with Gasteiger partial charge in [-0.25, -0.2) is 12.8 Å². The zero-order valence-corrected chi connectivity index (χ0v) is 11.0. The summed E-state index contributed by atoms with van der Waals surface area (Å²) in [6.45, 7) is 1.75. The fraction of sp³-hybridized carbons (Fsp3) is 0.417. The van der Waals surface area contributed by atoms with Gasteiger partial charge >= 0.3 is 0 Å². The third kappa shape index (κ3) is 4.10. The van der Waals surface area contributed by atoms with Crippen molar-refractivity contribution in [3.63, 3.8) is 0 Å². The monoisotopic (exact) mass is 273 g/mol. The van der Waals surface area contributed by atoms with Crippen molar-refractivity contribution in [2.45, 2.75) is 19.8 Å². The molecule has 0 aliphatic rings. The molecule has 1 aromatic rings. The summed E-state index contributed by atoms with van der Waals surface area (Å²) in [5.41, 5.74) is 5.76. The van der Waals surface area contributed by atoms with Gasteiger partial charge in [0.05, 0.1) is 5.75 Å². The standard InChI is InChI=1S/C12H16FNO3S/c1-2-6-18(16,17)7-5-12(15)10-8-9(13)3-4-11(10)14/h3-4,8H,2,5-7,14H2,1H3. The van der Waals surface area contributed by atoms with E-state index >= 15 is 0 Å². The first-order chi connectivity index (χ1) is 8.35. The maximum atomic E-state index is 13.0. The number of carbonyl (C=O) groups is 1. The Balaban J connectivity index is 2.75. The van der Waals surface area contributed by atoms with Crippen LogP contribution in [0, 0.1) is 5.82 Å². The number of hydrogen-bond acceptors (Lipinski definition) is 4. The van der Waals surface area contributed by atoms with E-state index in [1.54, 1.807) is 6.92 Å². The average molecular weight is 273 g/mol. The molecule has 0 aliphatic heterocycles. The predicted molar refractivity (Wildman–Crippen MR) is 68.7 cm³/mol. The van der Waals surface area contributed by atoms with E-state index in [4.69, 9.17) is 5.73 Å². The molecule has 100 valence electrons. The quantitative estimate of drug-likeness (QED) is 0.633. The summed E-state index contributed by atoms with van der Waals surface area (Å²) in [6, 6.07) is 3.48. The molecule has 0 saturated heterocycles. The van der Waals surface area contributed by atoms with Gasteiger partial charge in [-0.3, -0.25) is 4.79 Å². The molecule has 4 nitrogen and oxygen atoms in total. The van der Waals surface area contributed by atoms with Crippen LogP contribution in [0.25, 0.3) is 0 Å². The number of carbonyl (C=O) groups excluding carboxylic acids is 1. The summed E-state index contributed by atoms with van der Waals surface area (Å²) in [5, 5.41) is 0. The number of halogens is 1. The Kier molecular flexibility index (Phi) is 4.84. The predicted octanol–water partition coefficient (Wildman–Crippen LogP) is 1.81. The molecule has 18 heavy (non-hydrogen) atoms. The molecule has 1 aromatic carbocycles. The number of benzene rings is 1. The SMILES string of the molecule is CCCS(=O)(=O)CCC(=O)c1cc(F)ccc1N. The summed E-state index contributed by atoms with van der Waals surface area (Å²) in [6.07, 6.45) is 0.342. The van der Waals surface area contributed by atoms with Crippen molar-refractivity contribution < 1.29 is 17.6 Å². The van der Waals surface area contributed by atoms with Crippen LogP contribution in [-0.2, 0) is 9.84 Å². The van der Waals surface area contributed by atoms with Crippen LogP contribution in [0.3, 0.4) is 0 Å². The van der Waals surface area contributed by atoms with E-state index in [1.807, 2.05) is 0 Å². The highest BCUT2D eigenvalue weighted by Crippen LogP contribution is 2.16.